The van der Waals surface area contributed by atoms with Crippen molar-refractivity contribution < 1.29 is 19.2 Å². The molecule has 184 valence electrons. The van der Waals surface area contributed by atoms with Crippen LogP contribution in [-0.4, -0.2) is 29.3 Å². The molecular formula is C28H25ClFN3O3. The van der Waals surface area contributed by atoms with Gasteiger partial charge in [0.2, 0.25) is 0 Å². The summed E-state index contributed by atoms with van der Waals surface area (Å²) in [6.07, 6.45) is 4.14. The molecule has 3 aromatic carbocycles. The van der Waals surface area contributed by atoms with Crippen molar-refractivity contribution in [1.29, 1.82) is 0 Å². The highest BCUT2D eigenvalue weighted by atomic mass is 35.5. The van der Waals surface area contributed by atoms with Crippen LogP contribution in [-0.2, 0) is 6.42 Å². The second-order valence-corrected chi connectivity index (χ2v) is 9.76. The zero-order valence-electron chi connectivity index (χ0n) is 19.5. The number of hydrogen-bond acceptors (Lipinski definition) is 4. The van der Waals surface area contributed by atoms with Gasteiger partial charge in [0.05, 0.1) is 16.3 Å². The fraction of sp³-hybridized carbons (Fsp3) is 0.250. The van der Waals surface area contributed by atoms with E-state index >= 15 is 0 Å². The Labute approximate surface area is 213 Å². The number of nitrogens with one attached hydrogen (secondary N) is 1. The fourth-order valence-corrected chi connectivity index (χ4v) is 5.58. The van der Waals surface area contributed by atoms with E-state index in [2.05, 4.69) is 10.5 Å². The first-order valence-electron chi connectivity index (χ1n) is 11.9. The maximum absolute atomic E-state index is 13.6. The van der Waals surface area contributed by atoms with E-state index in [0.29, 0.717) is 17.8 Å². The van der Waals surface area contributed by atoms with Gasteiger partial charge < -0.3 is 15.4 Å². The van der Waals surface area contributed by atoms with Crippen LogP contribution in [0.4, 0.5) is 15.8 Å². The van der Waals surface area contributed by atoms with E-state index in [4.69, 9.17) is 11.6 Å². The summed E-state index contributed by atoms with van der Waals surface area (Å²) in [5.41, 5.74) is 3.48. The molecule has 1 saturated carbocycles. The lowest BCUT2D eigenvalue weighted by Crippen LogP contribution is -2.35. The van der Waals surface area contributed by atoms with Crippen molar-refractivity contribution in [2.75, 3.05) is 16.8 Å². The molecule has 3 aromatic rings. The predicted molar refractivity (Wildman–Crippen MR) is 138 cm³/mol. The van der Waals surface area contributed by atoms with E-state index in [1.54, 1.807) is 29.2 Å². The number of carbonyl (C=O) groups excluding carboxylic acids is 2. The monoisotopic (exact) mass is 505 g/mol. The van der Waals surface area contributed by atoms with Crippen molar-refractivity contribution in [3.8, 4) is 0 Å². The summed E-state index contributed by atoms with van der Waals surface area (Å²) < 4.78 is 13.5. The Bertz CT molecular complexity index is 1360. The summed E-state index contributed by atoms with van der Waals surface area (Å²) >= 11 is 6.03. The number of halogens is 2. The lowest BCUT2D eigenvalue weighted by Gasteiger charge is -2.28. The normalized spacial score (nSPS) is 20.3. The van der Waals surface area contributed by atoms with Crippen LogP contribution in [0.15, 0.2) is 71.9 Å². The molecule has 1 fully saturated rings. The van der Waals surface area contributed by atoms with Gasteiger partial charge in [-0.05, 0) is 86.2 Å². The highest BCUT2D eigenvalue weighted by molar-refractivity contribution is 6.34. The molecule has 36 heavy (non-hydrogen) atoms. The first-order valence-corrected chi connectivity index (χ1v) is 12.3. The number of rotatable bonds is 3. The number of para-hydroxylation sites is 1. The molecule has 1 aliphatic carbocycles. The number of carbonyl (C=O) groups is 2. The molecular weight excluding hydrogens is 481 g/mol. The molecule has 8 heteroatoms. The third kappa shape index (κ3) is 4.46. The number of benzene rings is 3. The zero-order chi connectivity index (χ0) is 25.3. The number of anilines is 2. The van der Waals surface area contributed by atoms with Crippen LogP contribution in [0.2, 0.25) is 5.02 Å². The third-order valence-corrected chi connectivity index (χ3v) is 7.56. The van der Waals surface area contributed by atoms with Crippen LogP contribution in [0.3, 0.4) is 0 Å². The molecule has 2 N–H and O–H groups in total. The minimum absolute atomic E-state index is 0.0321. The van der Waals surface area contributed by atoms with Crippen LogP contribution in [0.5, 0.6) is 0 Å². The minimum Gasteiger partial charge on any atom is -0.411 e. The van der Waals surface area contributed by atoms with E-state index in [0.717, 1.165) is 55.1 Å². The fourth-order valence-electron chi connectivity index (χ4n) is 5.38. The van der Waals surface area contributed by atoms with Crippen molar-refractivity contribution >= 4 is 40.5 Å². The summed E-state index contributed by atoms with van der Waals surface area (Å²) in [5.74, 6) is -1.24. The largest absolute Gasteiger partial charge is 0.411 e. The van der Waals surface area contributed by atoms with Gasteiger partial charge in [0.15, 0.2) is 0 Å². The maximum Gasteiger partial charge on any atom is 0.258 e. The highest BCUT2D eigenvalue weighted by Gasteiger charge is 2.43. The molecule has 0 aromatic heterocycles. The van der Waals surface area contributed by atoms with E-state index in [1.165, 1.54) is 12.1 Å². The van der Waals surface area contributed by atoms with Crippen LogP contribution in [0.25, 0.3) is 0 Å². The summed E-state index contributed by atoms with van der Waals surface area (Å²) in [6.45, 7) is 0.505. The Morgan fingerprint density at radius 1 is 1.06 bits per heavy atom. The number of amides is 2. The summed E-state index contributed by atoms with van der Waals surface area (Å²) in [6, 6.07) is 18.1. The molecule has 0 bridgehead atoms. The van der Waals surface area contributed by atoms with Crippen LogP contribution < -0.4 is 10.2 Å². The van der Waals surface area contributed by atoms with Gasteiger partial charge >= 0.3 is 0 Å². The molecule has 6 nitrogen and oxygen atoms in total. The zero-order valence-corrected chi connectivity index (χ0v) is 20.3. The van der Waals surface area contributed by atoms with Gasteiger partial charge in [-0.25, -0.2) is 4.39 Å². The lowest BCUT2D eigenvalue weighted by atomic mass is 9.76. The molecule has 2 amide bonds. The molecule has 1 spiro atoms. The molecule has 1 heterocycles. The number of nitrogens with zero attached hydrogens (tertiary/aromatic N) is 2. The molecule has 2 aliphatic rings. The predicted octanol–water partition coefficient (Wildman–Crippen LogP) is 6.32. The summed E-state index contributed by atoms with van der Waals surface area (Å²) in [5, 5.41) is 16.1. The maximum atomic E-state index is 13.6. The van der Waals surface area contributed by atoms with Crippen molar-refractivity contribution in [2.45, 2.75) is 32.1 Å². The summed E-state index contributed by atoms with van der Waals surface area (Å²) in [4.78, 5) is 27.9. The molecule has 1 aliphatic heterocycles. The van der Waals surface area contributed by atoms with E-state index in [1.807, 2.05) is 24.3 Å². The molecule has 1 atom stereocenters. The van der Waals surface area contributed by atoms with E-state index < -0.39 is 11.7 Å². The Morgan fingerprint density at radius 2 is 1.83 bits per heavy atom. The third-order valence-electron chi connectivity index (χ3n) is 7.23. The number of fused-ring (bicyclic) bond motifs is 1. The van der Waals surface area contributed by atoms with Gasteiger partial charge in [-0.1, -0.05) is 35.0 Å². The average molecular weight is 506 g/mol. The quantitative estimate of drug-likeness (QED) is 0.322. The minimum atomic E-state index is -0.556. The number of hydrogen-bond donors (Lipinski definition) is 2. The average Bonchev–Trinajstić information content (AvgIpc) is 3.20. The Hall–Kier alpha value is -3.71. The van der Waals surface area contributed by atoms with Gasteiger partial charge in [-0.3, -0.25) is 9.59 Å². The molecule has 0 radical (unpaired) electrons. The van der Waals surface area contributed by atoms with E-state index in [-0.39, 0.29) is 21.9 Å². The van der Waals surface area contributed by atoms with Crippen LogP contribution >= 0.6 is 11.6 Å². The van der Waals surface area contributed by atoms with Crippen LogP contribution in [0, 0.1) is 11.2 Å². The van der Waals surface area contributed by atoms with Gasteiger partial charge in [0.25, 0.3) is 11.8 Å². The van der Waals surface area contributed by atoms with Gasteiger partial charge in [-0.2, -0.15) is 0 Å². The molecule has 1 unspecified atom stereocenters. The van der Waals surface area contributed by atoms with Gasteiger partial charge in [0, 0.05) is 28.9 Å². The Balaban J connectivity index is 1.37. The second kappa shape index (κ2) is 9.74. The van der Waals surface area contributed by atoms with Gasteiger partial charge in [-0.15, -0.1) is 0 Å². The lowest BCUT2D eigenvalue weighted by molar-refractivity contribution is 0.0984. The standard InChI is InChI=1S/C28H25ClFN3O3/c29-23-12-9-20(30)16-22(23)26(34)31-21-10-7-18(8-11-21)27(35)33-15-14-28(13-3-6-25(28)32-36)17-19-4-1-2-5-24(19)33/h1-2,4-5,7-12,16,36H,3,6,13-15,17H2,(H,31,34)/b32-25+. The molecule has 5 rings (SSSR count). The first kappa shape index (κ1) is 24.0. The Morgan fingerprint density at radius 3 is 2.61 bits per heavy atom. The van der Waals surface area contributed by atoms with Crippen molar-refractivity contribution in [3.63, 3.8) is 0 Å². The second-order valence-electron chi connectivity index (χ2n) is 9.35. The van der Waals surface area contributed by atoms with Crippen LogP contribution in [0.1, 0.15) is 52.0 Å². The van der Waals surface area contributed by atoms with Crippen molar-refractivity contribution in [3.05, 3.63) is 94.3 Å². The number of oxime groups is 1. The van der Waals surface area contributed by atoms with Gasteiger partial charge in [0.1, 0.15) is 5.82 Å². The highest BCUT2D eigenvalue weighted by Crippen LogP contribution is 2.46. The smallest absolute Gasteiger partial charge is 0.258 e. The first-order chi connectivity index (χ1) is 17.4. The SMILES string of the molecule is O=C(Nc1ccc(C(=O)N2CCC3(CCC/C3=N\O)Cc3ccccc32)cc1)c1cc(F)ccc1Cl. The van der Waals surface area contributed by atoms with Crippen molar-refractivity contribution in [1.82, 2.24) is 0 Å². The van der Waals surface area contributed by atoms with Crippen molar-refractivity contribution in [2.24, 2.45) is 10.6 Å². The topological polar surface area (TPSA) is 82.0 Å². The summed E-state index contributed by atoms with van der Waals surface area (Å²) in [7, 11) is 0. The Kier molecular flexibility index (Phi) is 6.49. The molecule has 0 saturated heterocycles. The van der Waals surface area contributed by atoms with E-state index in [9.17, 15) is 19.2 Å².